The highest BCUT2D eigenvalue weighted by Gasteiger charge is 2.27. The van der Waals surface area contributed by atoms with Crippen molar-refractivity contribution in [2.45, 2.75) is 31.4 Å². The van der Waals surface area contributed by atoms with Gasteiger partial charge in [0, 0.05) is 23.4 Å². The van der Waals surface area contributed by atoms with E-state index in [-0.39, 0.29) is 22.9 Å². The minimum atomic E-state index is -3.06. The second kappa shape index (κ2) is 9.88. The van der Waals surface area contributed by atoms with Crippen LogP contribution in [0.4, 0.5) is 17.6 Å². The van der Waals surface area contributed by atoms with Crippen LogP contribution in [-0.2, 0) is 12.3 Å². The summed E-state index contributed by atoms with van der Waals surface area (Å²) < 4.78 is 55.4. The first-order valence-corrected chi connectivity index (χ1v) is 11.0. The molecule has 4 aromatic carbocycles. The Morgan fingerprint density at radius 1 is 0.914 bits per heavy atom. The van der Waals surface area contributed by atoms with E-state index in [9.17, 15) is 27.5 Å². The summed E-state index contributed by atoms with van der Waals surface area (Å²) >= 11 is 0. The molecule has 3 nitrogen and oxygen atoms in total. The predicted octanol–water partition coefficient (Wildman–Crippen LogP) is 6.30. The molecule has 0 aromatic heterocycles. The second-order valence-electron chi connectivity index (χ2n) is 8.51. The third-order valence-electron chi connectivity index (χ3n) is 5.91. The maximum atomic E-state index is 14.2. The van der Waals surface area contributed by atoms with Gasteiger partial charge in [0.25, 0.3) is 11.8 Å². The Balaban J connectivity index is 1.69. The molecule has 0 saturated carbocycles. The Morgan fingerprint density at radius 2 is 1.60 bits per heavy atom. The summed E-state index contributed by atoms with van der Waals surface area (Å²) in [6.07, 6.45) is -1.25. The van der Waals surface area contributed by atoms with E-state index in [1.807, 2.05) is 0 Å². The Bertz CT molecular complexity index is 1350. The number of halogens is 4. The smallest absolute Gasteiger partial charge is 0.270 e. The summed E-state index contributed by atoms with van der Waals surface area (Å²) in [7, 11) is 0. The molecule has 35 heavy (non-hydrogen) atoms. The highest BCUT2D eigenvalue weighted by molar-refractivity contribution is 6.07. The van der Waals surface area contributed by atoms with Gasteiger partial charge in [0.1, 0.15) is 11.6 Å². The fraction of sp³-hybridized carbons (Fsp3) is 0.179. The third-order valence-corrected chi connectivity index (χ3v) is 5.91. The van der Waals surface area contributed by atoms with E-state index in [1.165, 1.54) is 54.6 Å². The van der Waals surface area contributed by atoms with E-state index in [0.29, 0.717) is 16.5 Å². The SMILES string of the molecule is CC(F)(F)c1cccc(CC(NC(=O)c2ccc(F)c3ccccc23)C(O)c2ccc(F)cc2)c1. The highest BCUT2D eigenvalue weighted by atomic mass is 19.3. The number of aliphatic hydroxyl groups excluding tert-OH is 1. The largest absolute Gasteiger partial charge is 0.386 e. The number of nitrogens with one attached hydrogen (secondary N) is 1. The quantitative estimate of drug-likeness (QED) is 0.304. The fourth-order valence-electron chi connectivity index (χ4n) is 4.07. The lowest BCUT2D eigenvalue weighted by molar-refractivity contribution is 0.0173. The van der Waals surface area contributed by atoms with Gasteiger partial charge in [0.05, 0.1) is 12.1 Å². The van der Waals surface area contributed by atoms with Gasteiger partial charge in [-0.25, -0.2) is 17.6 Å². The van der Waals surface area contributed by atoms with Gasteiger partial charge in [-0.15, -0.1) is 0 Å². The molecular formula is C28H23F4NO2. The van der Waals surface area contributed by atoms with Gasteiger partial charge in [-0.1, -0.05) is 54.6 Å². The zero-order chi connectivity index (χ0) is 25.2. The topological polar surface area (TPSA) is 49.3 Å². The zero-order valence-electron chi connectivity index (χ0n) is 18.8. The molecule has 2 N–H and O–H groups in total. The molecule has 0 spiro atoms. The molecule has 0 saturated heterocycles. The first-order chi connectivity index (χ1) is 16.6. The minimum absolute atomic E-state index is 0.0212. The van der Waals surface area contributed by atoms with Crippen LogP contribution in [0.3, 0.4) is 0 Å². The summed E-state index contributed by atoms with van der Waals surface area (Å²) in [5.41, 5.74) is 0.824. The Hall–Kier alpha value is -3.71. The van der Waals surface area contributed by atoms with Crippen LogP contribution in [0.1, 0.15) is 40.1 Å². The molecule has 0 bridgehead atoms. The van der Waals surface area contributed by atoms with Crippen molar-refractivity contribution in [3.05, 3.63) is 119 Å². The normalized spacial score (nSPS) is 13.4. The Kier molecular flexibility index (Phi) is 6.89. The van der Waals surface area contributed by atoms with E-state index in [2.05, 4.69) is 5.32 Å². The first kappa shape index (κ1) is 24.4. The van der Waals surface area contributed by atoms with Crippen LogP contribution in [0.15, 0.2) is 84.9 Å². The molecule has 0 aliphatic heterocycles. The average Bonchev–Trinajstić information content (AvgIpc) is 2.83. The Labute approximate surface area is 200 Å². The third kappa shape index (κ3) is 5.52. The summed E-state index contributed by atoms with van der Waals surface area (Å²) in [6.45, 7) is 0.790. The van der Waals surface area contributed by atoms with E-state index in [0.717, 1.165) is 6.92 Å². The van der Waals surface area contributed by atoms with Crippen molar-refractivity contribution in [3.8, 4) is 0 Å². The van der Waals surface area contributed by atoms with Gasteiger partial charge >= 0.3 is 0 Å². The highest BCUT2D eigenvalue weighted by Crippen LogP contribution is 2.29. The van der Waals surface area contributed by atoms with Crippen LogP contribution in [0.5, 0.6) is 0 Å². The number of aliphatic hydroxyl groups is 1. The van der Waals surface area contributed by atoms with Crippen molar-refractivity contribution in [2.24, 2.45) is 0 Å². The van der Waals surface area contributed by atoms with Crippen molar-refractivity contribution >= 4 is 16.7 Å². The van der Waals surface area contributed by atoms with E-state index in [4.69, 9.17) is 0 Å². The molecule has 0 heterocycles. The first-order valence-electron chi connectivity index (χ1n) is 11.0. The van der Waals surface area contributed by atoms with Crippen LogP contribution < -0.4 is 5.32 Å². The monoisotopic (exact) mass is 481 g/mol. The number of benzene rings is 4. The van der Waals surface area contributed by atoms with Gasteiger partial charge in [-0.05, 0) is 53.3 Å². The number of fused-ring (bicyclic) bond motifs is 1. The van der Waals surface area contributed by atoms with Crippen molar-refractivity contribution in [1.82, 2.24) is 5.32 Å². The molecule has 2 unspecified atom stereocenters. The van der Waals surface area contributed by atoms with Crippen LogP contribution in [0.25, 0.3) is 10.8 Å². The standard InChI is InChI=1S/C28H23F4NO2/c1-28(31,32)19-6-4-5-17(15-19)16-25(26(34)18-9-11-20(29)12-10-18)33-27(35)23-13-14-24(30)22-8-3-2-7-21(22)23/h2-15,25-26,34H,16H2,1H3,(H,33,35). The van der Waals surface area contributed by atoms with Crippen LogP contribution in [0.2, 0.25) is 0 Å². The summed E-state index contributed by atoms with van der Waals surface area (Å²) in [5.74, 6) is -4.59. The molecule has 0 aliphatic rings. The maximum absolute atomic E-state index is 14.2. The molecule has 0 fully saturated rings. The van der Waals surface area contributed by atoms with E-state index < -0.39 is 35.6 Å². The molecule has 2 atom stereocenters. The van der Waals surface area contributed by atoms with E-state index >= 15 is 0 Å². The van der Waals surface area contributed by atoms with Gasteiger partial charge in [0.2, 0.25) is 0 Å². The number of rotatable bonds is 7. The number of hydrogen-bond donors (Lipinski definition) is 2. The lowest BCUT2D eigenvalue weighted by atomic mass is 9.94. The molecule has 1 amide bonds. The molecule has 7 heteroatoms. The number of hydrogen-bond acceptors (Lipinski definition) is 2. The number of carbonyl (C=O) groups excluding carboxylic acids is 1. The molecule has 0 aliphatic carbocycles. The summed E-state index contributed by atoms with van der Waals surface area (Å²) in [4.78, 5) is 13.3. The molecule has 4 aromatic rings. The molecule has 0 radical (unpaired) electrons. The van der Waals surface area contributed by atoms with Crippen LogP contribution in [0, 0.1) is 11.6 Å². The molecular weight excluding hydrogens is 458 g/mol. The van der Waals surface area contributed by atoms with E-state index in [1.54, 1.807) is 30.3 Å². The summed E-state index contributed by atoms with van der Waals surface area (Å²) in [5, 5.41) is 14.5. The lowest BCUT2D eigenvalue weighted by Crippen LogP contribution is -2.41. The van der Waals surface area contributed by atoms with Crippen molar-refractivity contribution in [3.63, 3.8) is 0 Å². The second-order valence-corrected chi connectivity index (χ2v) is 8.51. The van der Waals surface area contributed by atoms with Gasteiger partial charge in [-0.3, -0.25) is 4.79 Å². The average molecular weight is 481 g/mol. The van der Waals surface area contributed by atoms with Crippen molar-refractivity contribution < 1.29 is 27.5 Å². The van der Waals surface area contributed by atoms with Crippen molar-refractivity contribution in [2.75, 3.05) is 0 Å². The van der Waals surface area contributed by atoms with Crippen molar-refractivity contribution in [1.29, 1.82) is 0 Å². The predicted molar refractivity (Wildman–Crippen MR) is 126 cm³/mol. The summed E-state index contributed by atoms with van der Waals surface area (Å²) in [6, 6.07) is 19.0. The number of carbonyl (C=O) groups is 1. The van der Waals surface area contributed by atoms with Gasteiger partial charge in [0.15, 0.2) is 0 Å². The number of amides is 1. The van der Waals surface area contributed by atoms with Crippen LogP contribution >= 0.6 is 0 Å². The molecule has 4 rings (SSSR count). The van der Waals surface area contributed by atoms with Gasteiger partial charge < -0.3 is 10.4 Å². The fourth-order valence-corrected chi connectivity index (χ4v) is 4.07. The lowest BCUT2D eigenvalue weighted by Gasteiger charge is -2.25. The number of alkyl halides is 2. The van der Waals surface area contributed by atoms with Gasteiger partial charge in [-0.2, -0.15) is 0 Å². The minimum Gasteiger partial charge on any atom is -0.386 e. The molecule has 180 valence electrons. The zero-order valence-corrected chi connectivity index (χ0v) is 18.8. The maximum Gasteiger partial charge on any atom is 0.270 e. The van der Waals surface area contributed by atoms with Crippen LogP contribution in [-0.4, -0.2) is 17.1 Å². The Morgan fingerprint density at radius 3 is 2.29 bits per heavy atom.